The van der Waals surface area contributed by atoms with Gasteiger partial charge < -0.3 is 9.97 Å². The van der Waals surface area contributed by atoms with Crippen molar-refractivity contribution >= 4 is 0 Å². The number of hydrogen-bond acceptors (Lipinski definition) is 3. The number of halogens is 2. The summed E-state index contributed by atoms with van der Waals surface area (Å²) in [5.41, 5.74) is 5.88. The second-order valence-electron chi connectivity index (χ2n) is 7.16. The Morgan fingerprint density at radius 2 is 1.59 bits per heavy atom. The maximum absolute atomic E-state index is 13.3. The van der Waals surface area contributed by atoms with Gasteiger partial charge in [-0.2, -0.15) is 0 Å². The van der Waals surface area contributed by atoms with Gasteiger partial charge in [0.15, 0.2) is 0 Å². The molecule has 2 aromatic carbocycles. The zero-order chi connectivity index (χ0) is 23.0. The molecule has 5 rings (SSSR count). The summed E-state index contributed by atoms with van der Waals surface area (Å²) in [7, 11) is 0. The molecule has 34 heavy (non-hydrogen) atoms. The first-order valence-corrected chi connectivity index (χ1v) is 10.2. The van der Waals surface area contributed by atoms with Gasteiger partial charge in [-0.05, 0) is 36.0 Å². The predicted octanol–water partition coefficient (Wildman–Crippen LogP) is 6.74. The molecule has 0 spiro atoms. The van der Waals surface area contributed by atoms with Crippen molar-refractivity contribution in [2.24, 2.45) is 0 Å². The van der Waals surface area contributed by atoms with Gasteiger partial charge in [0.05, 0.1) is 11.6 Å². The first-order chi connectivity index (χ1) is 16.1. The van der Waals surface area contributed by atoms with Crippen LogP contribution in [0.25, 0.3) is 33.6 Å². The minimum Gasteiger partial charge on any atom is -0.305 e. The number of rotatable bonds is 3. The first-order valence-electron chi connectivity index (χ1n) is 10.2. The Bertz CT molecular complexity index is 1290. The average molecular weight is 628 g/mol. The molecule has 3 nitrogen and oxygen atoms in total. The fourth-order valence-corrected chi connectivity index (χ4v) is 3.20. The van der Waals surface area contributed by atoms with Crippen LogP contribution >= 0.6 is 0 Å². The number of aromatic nitrogens is 3. The van der Waals surface area contributed by atoms with Gasteiger partial charge in [0.25, 0.3) is 0 Å². The summed E-state index contributed by atoms with van der Waals surface area (Å²) in [6.45, 7) is 1.94. The normalized spacial score (nSPS) is 9.97. The Balaban J connectivity index is 0.000000212. The van der Waals surface area contributed by atoms with E-state index in [1.165, 1.54) is 0 Å². The van der Waals surface area contributed by atoms with E-state index in [1.54, 1.807) is 24.8 Å². The van der Waals surface area contributed by atoms with Crippen molar-refractivity contribution in [3.63, 3.8) is 0 Å². The fourth-order valence-electron chi connectivity index (χ4n) is 3.20. The molecule has 0 saturated carbocycles. The summed E-state index contributed by atoms with van der Waals surface area (Å²) < 4.78 is 26.2. The Morgan fingerprint density at radius 1 is 0.735 bits per heavy atom. The van der Waals surface area contributed by atoms with E-state index in [2.05, 4.69) is 27.1 Å². The third-order valence-corrected chi connectivity index (χ3v) is 4.86. The molecule has 0 unspecified atom stereocenters. The van der Waals surface area contributed by atoms with Gasteiger partial charge in [0.2, 0.25) is 0 Å². The molecule has 0 aliphatic carbocycles. The van der Waals surface area contributed by atoms with Crippen LogP contribution in [0.5, 0.6) is 0 Å². The largest absolute Gasteiger partial charge is 0.305 e. The Labute approximate surface area is 210 Å². The molecule has 171 valence electrons. The van der Waals surface area contributed by atoms with Gasteiger partial charge in [-0.15, -0.1) is 59.7 Å². The standard InChI is InChI=1S/C17H11F2N2.C11H8N.Ir/c1-11-7-17(12-4-5-15(18)16(19)8-12)21-10-14(11)13-3-2-6-20-9-13;1-2-6-10(7-3-1)11-8-4-5-9-12-11;/h2-3,5-10H,1H3;1-6,8-9H;/q2*-1;. The van der Waals surface area contributed by atoms with E-state index in [9.17, 15) is 8.78 Å². The molecule has 3 aromatic heterocycles. The zero-order valence-electron chi connectivity index (χ0n) is 18.2. The summed E-state index contributed by atoms with van der Waals surface area (Å²) in [4.78, 5) is 12.6. The number of benzene rings is 2. The van der Waals surface area contributed by atoms with Crippen molar-refractivity contribution < 1.29 is 28.9 Å². The van der Waals surface area contributed by atoms with E-state index in [4.69, 9.17) is 0 Å². The molecule has 0 N–H and O–H groups in total. The zero-order valence-corrected chi connectivity index (χ0v) is 20.6. The van der Waals surface area contributed by atoms with E-state index < -0.39 is 11.6 Å². The summed E-state index contributed by atoms with van der Waals surface area (Å²) in [5, 5.41) is 0. The maximum Gasteiger partial charge on any atom is 0.0765 e. The van der Waals surface area contributed by atoms with E-state index in [0.717, 1.165) is 40.1 Å². The van der Waals surface area contributed by atoms with Crippen molar-refractivity contribution in [2.45, 2.75) is 6.92 Å². The fraction of sp³-hybridized carbons (Fsp3) is 0.0357. The van der Waals surface area contributed by atoms with Crippen LogP contribution in [0.4, 0.5) is 8.78 Å². The topological polar surface area (TPSA) is 38.7 Å². The van der Waals surface area contributed by atoms with Crippen LogP contribution in [0.3, 0.4) is 0 Å². The number of hydrogen-bond donors (Lipinski definition) is 0. The predicted molar refractivity (Wildman–Crippen MR) is 125 cm³/mol. The third kappa shape index (κ3) is 6.25. The number of aryl methyl sites for hydroxylation is 1. The van der Waals surface area contributed by atoms with Gasteiger partial charge in [0, 0.05) is 56.0 Å². The van der Waals surface area contributed by atoms with Crippen molar-refractivity contribution in [2.75, 3.05) is 0 Å². The van der Waals surface area contributed by atoms with Crippen molar-refractivity contribution in [1.29, 1.82) is 0 Å². The molecule has 0 aliphatic rings. The van der Waals surface area contributed by atoms with Gasteiger partial charge in [-0.1, -0.05) is 24.3 Å². The van der Waals surface area contributed by atoms with Crippen LogP contribution in [0, 0.1) is 30.7 Å². The number of pyridine rings is 3. The van der Waals surface area contributed by atoms with Crippen LogP contribution < -0.4 is 0 Å². The number of nitrogens with zero attached hydrogens (tertiary/aromatic N) is 3. The SMILES string of the molecule is Cc1cc(-c2[c-]cc(F)c(F)c2)ncc1-c1cccnc1.[Ir].[c-]1ccccc1-c1ccccn1. The van der Waals surface area contributed by atoms with E-state index >= 15 is 0 Å². The summed E-state index contributed by atoms with van der Waals surface area (Å²) in [6, 6.07) is 27.2. The quantitative estimate of drug-likeness (QED) is 0.208. The van der Waals surface area contributed by atoms with Crippen LogP contribution in [-0.4, -0.2) is 15.0 Å². The molecule has 6 heteroatoms. The molecular formula is C28H19F2IrN3-2. The van der Waals surface area contributed by atoms with E-state index in [-0.39, 0.29) is 20.1 Å². The van der Waals surface area contributed by atoms with Gasteiger partial charge in [0.1, 0.15) is 0 Å². The van der Waals surface area contributed by atoms with E-state index in [0.29, 0.717) is 11.3 Å². The Morgan fingerprint density at radius 3 is 2.24 bits per heavy atom. The second kappa shape index (κ2) is 12.0. The summed E-state index contributed by atoms with van der Waals surface area (Å²) in [5.74, 6) is -1.82. The maximum atomic E-state index is 13.3. The molecule has 0 bridgehead atoms. The van der Waals surface area contributed by atoms with E-state index in [1.807, 2.05) is 67.6 Å². The molecule has 5 aromatic rings. The van der Waals surface area contributed by atoms with Crippen molar-refractivity contribution in [3.05, 3.63) is 127 Å². The summed E-state index contributed by atoms with van der Waals surface area (Å²) in [6.07, 6.45) is 6.96. The first kappa shape index (κ1) is 25.0. The Kier molecular flexibility index (Phi) is 8.86. The molecule has 0 saturated heterocycles. The molecule has 0 aliphatic heterocycles. The molecule has 3 heterocycles. The monoisotopic (exact) mass is 628 g/mol. The second-order valence-corrected chi connectivity index (χ2v) is 7.16. The van der Waals surface area contributed by atoms with Gasteiger partial charge in [-0.3, -0.25) is 9.37 Å². The average Bonchev–Trinajstić information content (AvgIpc) is 2.88. The smallest absolute Gasteiger partial charge is 0.0765 e. The summed E-state index contributed by atoms with van der Waals surface area (Å²) >= 11 is 0. The molecule has 0 amide bonds. The minimum absolute atomic E-state index is 0. The molecular weight excluding hydrogens is 609 g/mol. The van der Waals surface area contributed by atoms with Gasteiger partial charge in [-0.25, -0.2) is 4.39 Å². The van der Waals surface area contributed by atoms with Gasteiger partial charge >= 0.3 is 0 Å². The third-order valence-electron chi connectivity index (χ3n) is 4.86. The van der Waals surface area contributed by atoms with Crippen molar-refractivity contribution in [3.8, 4) is 33.6 Å². The minimum atomic E-state index is -0.914. The van der Waals surface area contributed by atoms with Crippen molar-refractivity contribution in [1.82, 2.24) is 15.0 Å². The van der Waals surface area contributed by atoms with Crippen LogP contribution in [0.2, 0.25) is 0 Å². The van der Waals surface area contributed by atoms with Crippen LogP contribution in [0.15, 0.2) is 97.6 Å². The Hall–Kier alpha value is -3.60. The van der Waals surface area contributed by atoms with Crippen LogP contribution in [0.1, 0.15) is 5.56 Å². The molecule has 1 radical (unpaired) electrons. The van der Waals surface area contributed by atoms with Crippen LogP contribution in [-0.2, 0) is 20.1 Å². The molecule has 0 atom stereocenters. The molecule has 0 fully saturated rings.